The van der Waals surface area contributed by atoms with Crippen LogP contribution in [0, 0.1) is 0 Å². The van der Waals surface area contributed by atoms with Crippen molar-refractivity contribution in [2.75, 3.05) is 47.5 Å². The quantitative estimate of drug-likeness (QED) is 0.0195. The molecular weight excluding hydrogens is 1090 g/mol. The zero-order valence-electron chi connectivity index (χ0n) is 57.3. The van der Waals surface area contributed by atoms with E-state index in [1.54, 1.807) is 0 Å². The second-order valence-corrected chi connectivity index (χ2v) is 27.3. The summed E-state index contributed by atoms with van der Waals surface area (Å²) in [4.78, 5) is 38.1. The minimum Gasteiger partial charge on any atom is -0.756 e. The van der Waals surface area contributed by atoms with Gasteiger partial charge in [0.25, 0.3) is 7.82 Å². The van der Waals surface area contributed by atoms with Crippen LogP contribution in [0.2, 0.25) is 0 Å². The van der Waals surface area contributed by atoms with Gasteiger partial charge in [-0.05, 0) is 64.2 Å². The van der Waals surface area contributed by atoms with Gasteiger partial charge in [0.15, 0.2) is 6.10 Å². The number of phosphoric ester groups is 1. The zero-order chi connectivity index (χ0) is 62.6. The summed E-state index contributed by atoms with van der Waals surface area (Å²) in [6.45, 7) is 4.17. The fourth-order valence-electron chi connectivity index (χ4n) is 10.7. The lowest BCUT2D eigenvalue weighted by atomic mass is 10.0. The third kappa shape index (κ3) is 70.5. The number of rotatable bonds is 68. The Morgan fingerprint density at radius 1 is 0.372 bits per heavy atom. The van der Waals surface area contributed by atoms with E-state index in [2.05, 4.69) is 86.8 Å². The first kappa shape index (κ1) is 83.5. The highest BCUT2D eigenvalue weighted by molar-refractivity contribution is 7.45. The monoisotopic (exact) mass is 1230 g/mol. The molecule has 0 aromatic carbocycles. The molecule has 0 aliphatic rings. The van der Waals surface area contributed by atoms with E-state index >= 15 is 0 Å². The van der Waals surface area contributed by atoms with Crippen LogP contribution in [0.4, 0.5) is 0 Å². The molecule has 0 saturated heterocycles. The number of nitrogens with zero attached hydrogens (tertiary/aromatic N) is 1. The Labute approximate surface area is 533 Å². The Bertz CT molecular complexity index is 1680. The van der Waals surface area contributed by atoms with Crippen molar-refractivity contribution in [3.63, 3.8) is 0 Å². The molecule has 2 unspecified atom stereocenters. The van der Waals surface area contributed by atoms with Crippen LogP contribution in [-0.2, 0) is 32.7 Å². The van der Waals surface area contributed by atoms with Crippen LogP contribution in [0.15, 0.2) is 72.9 Å². The summed E-state index contributed by atoms with van der Waals surface area (Å²) in [7, 11) is 1.17. The summed E-state index contributed by atoms with van der Waals surface area (Å²) in [5.41, 5.74) is 0. The molecule has 0 radical (unpaired) electrons. The maximum Gasteiger partial charge on any atom is 0.306 e. The fraction of sp³-hybridized carbons (Fsp3) is 0.816. The minimum atomic E-state index is -4.65. The van der Waals surface area contributed by atoms with Gasteiger partial charge in [0.05, 0.1) is 27.7 Å². The molecule has 0 heterocycles. The van der Waals surface area contributed by atoms with Gasteiger partial charge in [-0.15, -0.1) is 0 Å². The molecule has 9 nitrogen and oxygen atoms in total. The van der Waals surface area contributed by atoms with Crippen LogP contribution in [-0.4, -0.2) is 70.0 Å². The Kier molecular flexibility index (Phi) is 64.9. The van der Waals surface area contributed by atoms with Crippen LogP contribution in [0.3, 0.4) is 0 Å². The van der Waals surface area contributed by atoms with Gasteiger partial charge in [0, 0.05) is 12.8 Å². The summed E-state index contributed by atoms with van der Waals surface area (Å²) < 4.78 is 34.3. The Hall–Kier alpha value is -2.55. The van der Waals surface area contributed by atoms with Crippen LogP contribution in [0.25, 0.3) is 0 Å². The molecule has 0 amide bonds. The predicted octanol–water partition coefficient (Wildman–Crippen LogP) is 23.3. The topological polar surface area (TPSA) is 111 Å². The van der Waals surface area contributed by atoms with Crippen molar-refractivity contribution in [2.45, 2.75) is 354 Å². The number of carbonyl (C=O) groups is 2. The van der Waals surface area contributed by atoms with Crippen molar-refractivity contribution in [1.82, 2.24) is 0 Å². The lowest BCUT2D eigenvalue weighted by Crippen LogP contribution is -2.37. The van der Waals surface area contributed by atoms with Crippen molar-refractivity contribution in [2.24, 2.45) is 0 Å². The highest BCUT2D eigenvalue weighted by atomic mass is 31.2. The molecule has 0 aliphatic heterocycles. The number of likely N-dealkylation sites (N-methyl/N-ethyl adjacent to an activating group) is 1. The highest BCUT2D eigenvalue weighted by Gasteiger charge is 2.22. The van der Waals surface area contributed by atoms with Crippen LogP contribution < -0.4 is 4.89 Å². The number of carbonyl (C=O) groups excluding carboxylic acids is 2. The summed E-state index contributed by atoms with van der Waals surface area (Å²) in [5.74, 6) is -0.825. The summed E-state index contributed by atoms with van der Waals surface area (Å²) in [6, 6.07) is 0. The molecule has 0 bridgehead atoms. The number of quaternary nitrogens is 1. The number of hydrogen-bond donors (Lipinski definition) is 0. The molecule has 86 heavy (non-hydrogen) atoms. The lowest BCUT2D eigenvalue weighted by molar-refractivity contribution is -0.870. The summed E-state index contributed by atoms with van der Waals surface area (Å²) in [6.07, 6.45) is 90.0. The van der Waals surface area contributed by atoms with E-state index < -0.39 is 26.5 Å². The Morgan fingerprint density at radius 3 is 0.988 bits per heavy atom. The van der Waals surface area contributed by atoms with Gasteiger partial charge in [0.2, 0.25) is 0 Å². The molecule has 502 valence electrons. The first-order chi connectivity index (χ1) is 42.0. The number of unbranched alkanes of at least 4 members (excludes halogenated alkanes) is 42. The molecule has 0 N–H and O–H groups in total. The number of esters is 2. The first-order valence-corrected chi connectivity index (χ1v) is 38.1. The van der Waals surface area contributed by atoms with Gasteiger partial charge in [-0.25, -0.2) is 0 Å². The molecule has 10 heteroatoms. The average Bonchev–Trinajstić information content (AvgIpc) is 3.67. The first-order valence-electron chi connectivity index (χ1n) is 36.6. The molecular formula is C76H140NO8P. The van der Waals surface area contributed by atoms with Crippen molar-refractivity contribution >= 4 is 19.8 Å². The maximum absolute atomic E-state index is 12.9. The van der Waals surface area contributed by atoms with Crippen LogP contribution in [0.1, 0.15) is 348 Å². The fourth-order valence-corrected chi connectivity index (χ4v) is 11.4. The molecule has 0 aromatic heterocycles. The Morgan fingerprint density at radius 2 is 0.663 bits per heavy atom. The molecule has 0 aromatic rings. The largest absolute Gasteiger partial charge is 0.756 e. The normalized spacial score (nSPS) is 13.5. The minimum absolute atomic E-state index is 0.0326. The van der Waals surface area contributed by atoms with Crippen molar-refractivity contribution in [1.29, 1.82) is 0 Å². The summed E-state index contributed by atoms with van der Waals surface area (Å²) >= 11 is 0. The van der Waals surface area contributed by atoms with Crippen LogP contribution in [0.5, 0.6) is 0 Å². The van der Waals surface area contributed by atoms with Gasteiger partial charge < -0.3 is 27.9 Å². The zero-order valence-corrected chi connectivity index (χ0v) is 58.2. The average molecular weight is 1230 g/mol. The number of hydrogen-bond acceptors (Lipinski definition) is 8. The Balaban J connectivity index is 4.00. The smallest absolute Gasteiger partial charge is 0.306 e. The SMILES string of the molecule is CC/C=C\C/C=C\C/C=C\C/C=C\C/C=C\C/C=C\CCCCCCCCCCCCC(=O)OC(COC(=O)CCCCCCCCCCCCCCCCCCCCCCCCCCCCCCCCCCC)COP(=O)([O-])OCC[N+](C)(C)C. The molecule has 2 atom stereocenters. The van der Waals surface area contributed by atoms with E-state index in [1.165, 1.54) is 231 Å². The van der Waals surface area contributed by atoms with E-state index in [-0.39, 0.29) is 32.0 Å². The van der Waals surface area contributed by atoms with Gasteiger partial charge >= 0.3 is 11.9 Å². The van der Waals surface area contributed by atoms with Crippen molar-refractivity contribution < 1.29 is 42.1 Å². The van der Waals surface area contributed by atoms with Gasteiger partial charge in [-0.1, -0.05) is 344 Å². The second kappa shape index (κ2) is 66.9. The number of ether oxygens (including phenoxy) is 2. The van der Waals surface area contributed by atoms with Crippen molar-refractivity contribution in [3.05, 3.63) is 72.9 Å². The number of phosphoric acid groups is 1. The third-order valence-electron chi connectivity index (χ3n) is 16.2. The standard InChI is InChI=1S/C76H140NO8P/c1-6-8-10-12-14-16-18-20-22-24-26-28-30-32-34-36-37-38-39-41-42-44-46-48-50-52-54-56-58-60-62-64-66-68-75(78)82-72-74(73-84-86(80,81)83-71-70-77(3,4)5)85-76(79)69-67-65-63-61-59-57-55-53-51-49-47-45-43-40-35-33-31-29-27-25-23-21-19-17-15-13-11-9-7-2/h9,11,15,17,21,23,27,29,33,35,43,45,74H,6-8,10,12-14,16,18-20,22,24-26,28,30-32,34,36-42,44,46-73H2,1-5H3/b11-9-,17-15-,23-21-,29-27-,35-33-,45-43-. The molecule has 0 fully saturated rings. The molecule has 0 spiro atoms. The van der Waals surface area contributed by atoms with Crippen molar-refractivity contribution in [3.8, 4) is 0 Å². The van der Waals surface area contributed by atoms with Gasteiger partial charge in [-0.3, -0.25) is 14.2 Å². The molecule has 0 aliphatic carbocycles. The predicted molar refractivity (Wildman–Crippen MR) is 370 cm³/mol. The lowest BCUT2D eigenvalue weighted by Gasteiger charge is -2.28. The summed E-state index contributed by atoms with van der Waals surface area (Å²) in [5, 5.41) is 0. The highest BCUT2D eigenvalue weighted by Crippen LogP contribution is 2.38. The molecule has 0 saturated carbocycles. The van der Waals surface area contributed by atoms with E-state index in [4.69, 9.17) is 18.5 Å². The van der Waals surface area contributed by atoms with E-state index in [9.17, 15) is 19.0 Å². The van der Waals surface area contributed by atoms with E-state index in [1.807, 2.05) is 21.1 Å². The van der Waals surface area contributed by atoms with E-state index in [0.717, 1.165) is 83.5 Å². The third-order valence-corrected chi connectivity index (χ3v) is 17.2. The molecule has 0 rings (SSSR count). The van der Waals surface area contributed by atoms with Gasteiger partial charge in [-0.2, -0.15) is 0 Å². The maximum atomic E-state index is 12.9. The second-order valence-electron chi connectivity index (χ2n) is 25.9. The van der Waals surface area contributed by atoms with Gasteiger partial charge in [0.1, 0.15) is 19.8 Å². The van der Waals surface area contributed by atoms with E-state index in [0.29, 0.717) is 17.4 Å². The number of allylic oxidation sites excluding steroid dienone is 12. The van der Waals surface area contributed by atoms with Crippen LogP contribution >= 0.6 is 7.82 Å².